The molecule has 0 radical (unpaired) electrons. The highest BCUT2D eigenvalue weighted by molar-refractivity contribution is 8.18. The Morgan fingerprint density at radius 3 is 1.83 bits per heavy atom. The molecule has 24 heavy (non-hydrogen) atoms. The number of hydrazone groups is 2. The summed E-state index contributed by atoms with van der Waals surface area (Å²) in [4.78, 5) is -0.270. The van der Waals surface area contributed by atoms with Gasteiger partial charge in [-0.15, -0.1) is 0 Å². The Morgan fingerprint density at radius 1 is 0.792 bits per heavy atom. The molecule has 0 amide bonds. The van der Waals surface area contributed by atoms with Gasteiger partial charge in [0.1, 0.15) is 10.1 Å². The summed E-state index contributed by atoms with van der Waals surface area (Å²) in [6.45, 7) is 0. The molecule has 0 aromatic heterocycles. The average Bonchev–Trinajstić information content (AvgIpc) is 2.97. The minimum atomic E-state index is -0.270. The zero-order valence-electron chi connectivity index (χ0n) is 13.6. The fraction of sp³-hybridized carbons (Fsp3) is 0.222. The van der Waals surface area contributed by atoms with E-state index in [1.807, 2.05) is 31.2 Å². The molecule has 0 bridgehead atoms. The Labute approximate surface area is 150 Å². The monoisotopic (exact) mass is 354 g/mol. The molecular formula is C18H18N4S2. The van der Waals surface area contributed by atoms with Crippen LogP contribution in [0.1, 0.15) is 11.1 Å². The molecule has 0 saturated heterocycles. The van der Waals surface area contributed by atoms with Gasteiger partial charge >= 0.3 is 0 Å². The Morgan fingerprint density at radius 2 is 1.29 bits per heavy atom. The van der Waals surface area contributed by atoms with Gasteiger partial charge in [0.15, 0.2) is 0 Å². The maximum atomic E-state index is 4.84. The van der Waals surface area contributed by atoms with Crippen LogP contribution >= 0.6 is 23.5 Å². The molecule has 0 saturated carbocycles. The van der Waals surface area contributed by atoms with Gasteiger partial charge in [0.2, 0.25) is 4.99 Å². The highest BCUT2D eigenvalue weighted by atomic mass is 32.2. The lowest BCUT2D eigenvalue weighted by Crippen LogP contribution is -2.53. The largest absolute Gasteiger partial charge is 0.262 e. The summed E-state index contributed by atoms with van der Waals surface area (Å²) in [5.74, 6) is 0.901. The van der Waals surface area contributed by atoms with Crippen molar-refractivity contribution in [1.29, 1.82) is 0 Å². The number of hydrogen-bond donors (Lipinski definition) is 0. The highest BCUT2D eigenvalue weighted by Crippen LogP contribution is 2.45. The maximum absolute atomic E-state index is 4.84. The van der Waals surface area contributed by atoms with Crippen LogP contribution in [0, 0.1) is 0 Å². The third kappa shape index (κ3) is 2.59. The number of thioether (sulfide) groups is 2. The molecule has 4 nitrogen and oxygen atoms in total. The first kappa shape index (κ1) is 15.6. The quantitative estimate of drug-likeness (QED) is 0.822. The molecule has 1 unspecified atom stereocenters. The standard InChI is InChI=1S/C18H18N4S2/c1-21-18(13-23-16(19-21)14-9-5-3-6-10-14)22(2)20-17(24-18)15-11-7-4-8-12-15/h3-12H,13H2,1-2H3. The molecule has 0 fully saturated rings. The topological polar surface area (TPSA) is 31.2 Å². The van der Waals surface area contributed by atoms with Gasteiger partial charge in [0, 0.05) is 25.2 Å². The fourth-order valence-electron chi connectivity index (χ4n) is 2.77. The second kappa shape index (κ2) is 6.18. The van der Waals surface area contributed by atoms with Crippen LogP contribution in [0.15, 0.2) is 70.9 Å². The summed E-state index contributed by atoms with van der Waals surface area (Å²) < 4.78 is 0. The van der Waals surface area contributed by atoms with Gasteiger partial charge in [-0.2, -0.15) is 10.2 Å². The van der Waals surface area contributed by atoms with Gasteiger partial charge < -0.3 is 0 Å². The summed E-state index contributed by atoms with van der Waals surface area (Å²) in [6.07, 6.45) is 0. The van der Waals surface area contributed by atoms with Gasteiger partial charge in [0.05, 0.1) is 5.75 Å². The minimum Gasteiger partial charge on any atom is -0.262 e. The summed E-state index contributed by atoms with van der Waals surface area (Å²) in [5.41, 5.74) is 2.32. The Kier molecular flexibility index (Phi) is 4.02. The molecule has 2 aliphatic rings. The van der Waals surface area contributed by atoms with Crippen LogP contribution in [0.2, 0.25) is 0 Å². The van der Waals surface area contributed by atoms with Crippen LogP contribution in [0.4, 0.5) is 0 Å². The van der Waals surface area contributed by atoms with Gasteiger partial charge in [-0.05, 0) is 11.8 Å². The van der Waals surface area contributed by atoms with Crippen LogP contribution in [-0.2, 0) is 0 Å². The van der Waals surface area contributed by atoms with E-state index in [0.717, 1.165) is 21.4 Å². The molecule has 1 atom stereocenters. The number of benzene rings is 2. The number of hydrogen-bond acceptors (Lipinski definition) is 6. The van der Waals surface area contributed by atoms with E-state index in [4.69, 9.17) is 10.2 Å². The second-order valence-corrected chi connectivity index (χ2v) is 7.93. The Bertz CT molecular complexity index is 791. The molecule has 2 heterocycles. The number of nitrogens with zero attached hydrogens (tertiary/aromatic N) is 4. The van der Waals surface area contributed by atoms with Crippen LogP contribution in [-0.4, -0.2) is 44.9 Å². The molecule has 4 rings (SSSR count). The van der Waals surface area contributed by atoms with Crippen LogP contribution in [0.3, 0.4) is 0 Å². The van der Waals surface area contributed by atoms with Gasteiger partial charge in [-0.25, -0.2) is 0 Å². The molecule has 6 heteroatoms. The molecule has 2 aromatic carbocycles. The second-order valence-electron chi connectivity index (χ2n) is 5.72. The molecular weight excluding hydrogens is 336 g/mol. The first-order chi connectivity index (χ1) is 11.7. The van der Waals surface area contributed by atoms with Crippen molar-refractivity contribution in [1.82, 2.24) is 10.0 Å². The minimum absolute atomic E-state index is 0.270. The lowest BCUT2D eigenvalue weighted by Gasteiger charge is -2.42. The molecule has 2 aliphatic heterocycles. The summed E-state index contributed by atoms with van der Waals surface area (Å²) in [7, 11) is 4.07. The SMILES string of the molecule is CN1N=C(c2ccccc2)SCC12SC(c1ccccc1)=NN2C. The van der Waals surface area contributed by atoms with Crippen molar-refractivity contribution in [2.45, 2.75) is 4.99 Å². The van der Waals surface area contributed by atoms with E-state index in [1.165, 1.54) is 5.56 Å². The van der Waals surface area contributed by atoms with E-state index in [1.54, 1.807) is 23.5 Å². The van der Waals surface area contributed by atoms with Crippen molar-refractivity contribution in [3.05, 3.63) is 71.8 Å². The van der Waals surface area contributed by atoms with Crippen molar-refractivity contribution in [3.63, 3.8) is 0 Å². The van der Waals surface area contributed by atoms with Crippen molar-refractivity contribution < 1.29 is 0 Å². The summed E-state index contributed by atoms with van der Waals surface area (Å²) in [5, 5.41) is 15.8. The smallest absolute Gasteiger partial charge is 0.206 e. The fourth-order valence-corrected chi connectivity index (χ4v) is 5.44. The zero-order valence-corrected chi connectivity index (χ0v) is 15.2. The van der Waals surface area contributed by atoms with E-state index in [-0.39, 0.29) is 4.99 Å². The third-order valence-electron chi connectivity index (χ3n) is 4.19. The third-order valence-corrected chi connectivity index (χ3v) is 7.02. The van der Waals surface area contributed by atoms with E-state index in [2.05, 4.69) is 53.5 Å². The van der Waals surface area contributed by atoms with Crippen molar-refractivity contribution in [2.24, 2.45) is 10.2 Å². The van der Waals surface area contributed by atoms with Crippen molar-refractivity contribution in [3.8, 4) is 0 Å². The predicted molar refractivity (Wildman–Crippen MR) is 104 cm³/mol. The van der Waals surface area contributed by atoms with Crippen LogP contribution in [0.25, 0.3) is 0 Å². The van der Waals surface area contributed by atoms with Crippen molar-refractivity contribution >= 4 is 33.6 Å². The first-order valence-corrected chi connectivity index (χ1v) is 9.57. The normalized spacial score (nSPS) is 23.4. The molecule has 2 aromatic rings. The first-order valence-electron chi connectivity index (χ1n) is 7.76. The average molecular weight is 355 g/mol. The lowest BCUT2D eigenvalue weighted by atomic mass is 10.2. The summed E-state index contributed by atoms with van der Waals surface area (Å²) >= 11 is 3.56. The Balaban J connectivity index is 1.61. The van der Waals surface area contributed by atoms with Gasteiger partial charge in [-0.1, -0.05) is 72.4 Å². The Hall–Kier alpha value is -1.92. The van der Waals surface area contributed by atoms with Gasteiger partial charge in [0.25, 0.3) is 0 Å². The van der Waals surface area contributed by atoms with Gasteiger partial charge in [-0.3, -0.25) is 10.0 Å². The molecule has 122 valence electrons. The number of rotatable bonds is 2. The zero-order chi connectivity index (χ0) is 16.6. The van der Waals surface area contributed by atoms with E-state index in [0.29, 0.717) is 0 Å². The molecule has 0 N–H and O–H groups in total. The molecule has 0 aliphatic carbocycles. The predicted octanol–water partition coefficient (Wildman–Crippen LogP) is 3.72. The van der Waals surface area contributed by atoms with E-state index < -0.39 is 0 Å². The summed E-state index contributed by atoms with van der Waals surface area (Å²) in [6, 6.07) is 20.7. The lowest BCUT2D eigenvalue weighted by molar-refractivity contribution is 0.0808. The highest BCUT2D eigenvalue weighted by Gasteiger charge is 2.48. The van der Waals surface area contributed by atoms with E-state index in [9.17, 15) is 0 Å². The van der Waals surface area contributed by atoms with E-state index >= 15 is 0 Å². The van der Waals surface area contributed by atoms with Crippen LogP contribution < -0.4 is 0 Å². The van der Waals surface area contributed by atoms with Crippen LogP contribution in [0.5, 0.6) is 0 Å². The van der Waals surface area contributed by atoms with Crippen molar-refractivity contribution in [2.75, 3.05) is 19.8 Å². The molecule has 1 spiro atoms. The maximum Gasteiger partial charge on any atom is 0.206 e.